The first-order chi connectivity index (χ1) is 16.6. The lowest BCUT2D eigenvalue weighted by atomic mass is 9.94. The van der Waals surface area contributed by atoms with Gasteiger partial charge in [-0.1, -0.05) is 6.07 Å². The first-order valence-electron chi connectivity index (χ1n) is 11.9. The number of nitrogens with one attached hydrogen (secondary N) is 1. The SMILES string of the molecule is CCOCCN(CCOCC)C(=O)c1csc(Nc2cccc([C@H]3CCCN(CC#N)C3)n2)n1. The number of hydrogen-bond acceptors (Lipinski definition) is 9. The third kappa shape index (κ3) is 7.74. The molecule has 0 saturated carbocycles. The van der Waals surface area contributed by atoms with Crippen LogP contribution in [0.15, 0.2) is 23.6 Å². The predicted molar refractivity (Wildman–Crippen MR) is 133 cm³/mol. The maximum Gasteiger partial charge on any atom is 0.273 e. The molecule has 0 unspecified atom stereocenters. The fourth-order valence-electron chi connectivity index (χ4n) is 3.94. The number of aromatic nitrogens is 2. The summed E-state index contributed by atoms with van der Waals surface area (Å²) < 4.78 is 10.9. The van der Waals surface area contributed by atoms with Gasteiger partial charge in [0, 0.05) is 49.8 Å². The highest BCUT2D eigenvalue weighted by Gasteiger charge is 2.23. The highest BCUT2D eigenvalue weighted by molar-refractivity contribution is 7.14. The molecular formula is C24H34N6O3S. The Hall–Kier alpha value is -2.58. The van der Waals surface area contributed by atoms with Gasteiger partial charge in [-0.25, -0.2) is 9.97 Å². The smallest absolute Gasteiger partial charge is 0.273 e. The van der Waals surface area contributed by atoms with E-state index in [1.807, 2.05) is 32.0 Å². The summed E-state index contributed by atoms with van der Waals surface area (Å²) in [4.78, 5) is 26.2. The van der Waals surface area contributed by atoms with E-state index < -0.39 is 0 Å². The summed E-state index contributed by atoms with van der Waals surface area (Å²) in [6.45, 7) is 9.31. The first kappa shape index (κ1) is 26.0. The van der Waals surface area contributed by atoms with Gasteiger partial charge in [-0.3, -0.25) is 9.69 Å². The van der Waals surface area contributed by atoms with Gasteiger partial charge in [-0.15, -0.1) is 11.3 Å². The number of nitriles is 1. The molecule has 1 aliphatic rings. The van der Waals surface area contributed by atoms with Gasteiger partial charge in [0.2, 0.25) is 0 Å². The molecule has 184 valence electrons. The van der Waals surface area contributed by atoms with Crippen molar-refractivity contribution in [2.75, 3.05) is 64.5 Å². The van der Waals surface area contributed by atoms with Crippen molar-refractivity contribution in [2.24, 2.45) is 0 Å². The van der Waals surface area contributed by atoms with E-state index in [0.717, 1.165) is 31.6 Å². The van der Waals surface area contributed by atoms with Crippen LogP contribution in [0.4, 0.5) is 10.9 Å². The summed E-state index contributed by atoms with van der Waals surface area (Å²) in [5, 5.41) is 14.6. The summed E-state index contributed by atoms with van der Waals surface area (Å²) in [5.74, 6) is 0.875. The second-order valence-corrected chi connectivity index (χ2v) is 8.89. The number of piperidine rings is 1. The summed E-state index contributed by atoms with van der Waals surface area (Å²) in [6.07, 6.45) is 2.13. The Bertz CT molecular complexity index is 937. The van der Waals surface area contributed by atoms with Crippen molar-refractivity contribution in [1.29, 1.82) is 5.26 Å². The Labute approximate surface area is 205 Å². The molecule has 1 fully saturated rings. The van der Waals surface area contributed by atoms with E-state index in [1.54, 1.807) is 10.3 Å². The normalized spacial score (nSPS) is 16.2. The number of anilines is 2. The van der Waals surface area contributed by atoms with Crippen LogP contribution in [0.25, 0.3) is 0 Å². The van der Waals surface area contributed by atoms with Crippen LogP contribution in [0, 0.1) is 11.3 Å². The second kappa shape index (κ2) is 14.0. The Balaban J connectivity index is 1.63. The first-order valence-corrected chi connectivity index (χ1v) is 12.8. The highest BCUT2D eigenvalue weighted by Crippen LogP contribution is 2.27. The second-order valence-electron chi connectivity index (χ2n) is 8.03. The van der Waals surface area contributed by atoms with Crippen molar-refractivity contribution in [3.8, 4) is 6.07 Å². The van der Waals surface area contributed by atoms with E-state index in [2.05, 4.69) is 21.3 Å². The number of carbonyl (C=O) groups excluding carboxylic acids is 1. The summed E-state index contributed by atoms with van der Waals surface area (Å²) in [6, 6.07) is 8.17. The average Bonchev–Trinajstić information content (AvgIpc) is 3.32. The molecule has 0 aliphatic carbocycles. The molecule has 10 heteroatoms. The number of carbonyl (C=O) groups is 1. The summed E-state index contributed by atoms with van der Waals surface area (Å²) >= 11 is 1.38. The molecule has 0 aromatic carbocycles. The fourth-order valence-corrected chi connectivity index (χ4v) is 4.63. The number of ether oxygens (including phenoxy) is 2. The van der Waals surface area contributed by atoms with Gasteiger partial charge in [-0.05, 0) is 45.4 Å². The van der Waals surface area contributed by atoms with Gasteiger partial charge in [-0.2, -0.15) is 5.26 Å². The molecule has 2 aromatic rings. The lowest BCUT2D eigenvalue weighted by Gasteiger charge is -2.30. The molecule has 3 heterocycles. The highest BCUT2D eigenvalue weighted by atomic mass is 32.1. The number of pyridine rings is 1. The zero-order valence-electron chi connectivity index (χ0n) is 20.0. The van der Waals surface area contributed by atoms with E-state index in [1.165, 1.54) is 11.3 Å². The van der Waals surface area contributed by atoms with E-state index in [4.69, 9.17) is 19.7 Å². The van der Waals surface area contributed by atoms with E-state index in [-0.39, 0.29) is 5.91 Å². The number of likely N-dealkylation sites (tertiary alicyclic amines) is 1. The van der Waals surface area contributed by atoms with Crippen LogP contribution in [-0.4, -0.2) is 84.8 Å². The molecule has 0 bridgehead atoms. The number of amides is 1. The molecule has 1 atom stereocenters. The van der Waals surface area contributed by atoms with Gasteiger partial charge in [0.1, 0.15) is 11.5 Å². The molecular weight excluding hydrogens is 452 g/mol. The minimum atomic E-state index is -0.134. The van der Waals surface area contributed by atoms with Crippen molar-refractivity contribution < 1.29 is 14.3 Å². The molecule has 34 heavy (non-hydrogen) atoms. The monoisotopic (exact) mass is 486 g/mol. The van der Waals surface area contributed by atoms with Crippen molar-refractivity contribution in [2.45, 2.75) is 32.6 Å². The molecule has 1 N–H and O–H groups in total. The Morgan fingerprint density at radius 2 is 2.03 bits per heavy atom. The number of nitrogens with zero attached hydrogens (tertiary/aromatic N) is 5. The van der Waals surface area contributed by atoms with Gasteiger partial charge >= 0.3 is 0 Å². The Kier molecular flexibility index (Phi) is 10.7. The zero-order chi connectivity index (χ0) is 24.2. The molecule has 3 rings (SSSR count). The molecule has 0 spiro atoms. The van der Waals surface area contributed by atoms with Gasteiger partial charge in [0.25, 0.3) is 5.91 Å². The van der Waals surface area contributed by atoms with Crippen molar-refractivity contribution in [3.63, 3.8) is 0 Å². The predicted octanol–water partition coefficient (Wildman–Crippen LogP) is 3.50. The molecule has 2 aromatic heterocycles. The third-order valence-corrected chi connectivity index (χ3v) is 6.41. The minimum Gasteiger partial charge on any atom is -0.380 e. The summed E-state index contributed by atoms with van der Waals surface area (Å²) in [5.41, 5.74) is 1.41. The van der Waals surface area contributed by atoms with Crippen LogP contribution in [0.3, 0.4) is 0 Å². The van der Waals surface area contributed by atoms with Crippen molar-refractivity contribution >= 4 is 28.2 Å². The maximum atomic E-state index is 13.0. The number of hydrogen-bond donors (Lipinski definition) is 1. The van der Waals surface area contributed by atoms with Gasteiger partial charge in [0.15, 0.2) is 5.13 Å². The van der Waals surface area contributed by atoms with Crippen LogP contribution in [-0.2, 0) is 9.47 Å². The quantitative estimate of drug-likeness (QED) is 0.339. The number of rotatable bonds is 13. The molecule has 1 saturated heterocycles. The Morgan fingerprint density at radius 3 is 2.74 bits per heavy atom. The van der Waals surface area contributed by atoms with Crippen molar-refractivity contribution in [3.05, 3.63) is 35.0 Å². The lowest BCUT2D eigenvalue weighted by molar-refractivity contribution is 0.0546. The third-order valence-electron chi connectivity index (χ3n) is 5.65. The fraction of sp³-hybridized carbons (Fsp3) is 0.583. The standard InChI is InChI=1S/C24H34N6O3S/c1-3-32-15-13-30(14-16-33-4-2)23(31)21-18-34-24(27-21)28-22-9-5-8-20(26-22)19-7-6-11-29(17-19)12-10-25/h5,8-9,18-19H,3-4,6-7,11-17H2,1-2H3,(H,26,27,28)/t19-/m0/s1. The van der Waals surface area contributed by atoms with Crippen molar-refractivity contribution in [1.82, 2.24) is 19.8 Å². The molecule has 1 aliphatic heterocycles. The van der Waals surface area contributed by atoms with Crippen LogP contribution < -0.4 is 5.32 Å². The Morgan fingerprint density at radius 1 is 1.26 bits per heavy atom. The average molecular weight is 487 g/mol. The van der Waals surface area contributed by atoms with Crippen LogP contribution >= 0.6 is 11.3 Å². The van der Waals surface area contributed by atoms with Gasteiger partial charge in [0.05, 0.1) is 25.8 Å². The molecule has 9 nitrogen and oxygen atoms in total. The van der Waals surface area contributed by atoms with Gasteiger partial charge < -0.3 is 19.7 Å². The van der Waals surface area contributed by atoms with E-state index >= 15 is 0 Å². The zero-order valence-corrected chi connectivity index (χ0v) is 20.9. The molecule has 1 amide bonds. The van der Waals surface area contributed by atoms with E-state index in [0.29, 0.717) is 68.6 Å². The van der Waals surface area contributed by atoms with Crippen LogP contribution in [0.1, 0.15) is 48.8 Å². The van der Waals surface area contributed by atoms with Crippen LogP contribution in [0.5, 0.6) is 0 Å². The maximum absolute atomic E-state index is 13.0. The topological polar surface area (TPSA) is 104 Å². The summed E-state index contributed by atoms with van der Waals surface area (Å²) in [7, 11) is 0. The minimum absolute atomic E-state index is 0.134. The van der Waals surface area contributed by atoms with E-state index in [9.17, 15) is 4.79 Å². The molecule has 0 radical (unpaired) electrons. The van der Waals surface area contributed by atoms with Crippen LogP contribution in [0.2, 0.25) is 0 Å². The lowest BCUT2D eigenvalue weighted by Crippen LogP contribution is -2.37. The number of thiazole rings is 1. The largest absolute Gasteiger partial charge is 0.380 e.